The Balaban J connectivity index is 2.11. The number of rotatable bonds is 4. The predicted molar refractivity (Wildman–Crippen MR) is 84.0 cm³/mol. The van der Waals surface area contributed by atoms with Gasteiger partial charge in [-0.3, -0.25) is 0 Å². The van der Waals surface area contributed by atoms with Crippen LogP contribution in [0.2, 0.25) is 0 Å². The molecular formula is C17H28N2. The van der Waals surface area contributed by atoms with Gasteiger partial charge < -0.3 is 10.2 Å². The normalized spacial score (nSPS) is 20.0. The summed E-state index contributed by atoms with van der Waals surface area (Å²) in [5.74, 6) is 0.799. The molecule has 1 aliphatic rings. The Morgan fingerprint density at radius 3 is 2.68 bits per heavy atom. The summed E-state index contributed by atoms with van der Waals surface area (Å²) in [4.78, 5) is 2.57. The quantitative estimate of drug-likeness (QED) is 0.892. The number of hydrogen-bond donors (Lipinski definition) is 1. The fourth-order valence-corrected chi connectivity index (χ4v) is 2.95. The van der Waals surface area contributed by atoms with Crippen molar-refractivity contribution in [1.82, 2.24) is 5.32 Å². The van der Waals surface area contributed by atoms with Crippen molar-refractivity contribution in [2.75, 3.05) is 31.1 Å². The smallest absolute Gasteiger partial charge is 0.0404 e. The Labute approximate surface area is 118 Å². The molecule has 0 aromatic heterocycles. The molecule has 2 nitrogen and oxygen atoms in total. The van der Waals surface area contributed by atoms with Crippen molar-refractivity contribution in [3.05, 3.63) is 29.8 Å². The first-order chi connectivity index (χ1) is 9.02. The van der Waals surface area contributed by atoms with Crippen molar-refractivity contribution in [3.63, 3.8) is 0 Å². The summed E-state index contributed by atoms with van der Waals surface area (Å²) in [6.45, 7) is 13.7. The molecule has 2 heteroatoms. The molecule has 106 valence electrons. The van der Waals surface area contributed by atoms with Gasteiger partial charge in [0.05, 0.1) is 0 Å². The highest BCUT2D eigenvalue weighted by Gasteiger charge is 2.26. The summed E-state index contributed by atoms with van der Waals surface area (Å²) in [6.07, 6.45) is 1.31. The van der Waals surface area contributed by atoms with Crippen LogP contribution in [0, 0.1) is 5.92 Å². The van der Waals surface area contributed by atoms with Gasteiger partial charge in [0.2, 0.25) is 0 Å². The average molecular weight is 260 g/mol. The lowest BCUT2D eigenvalue weighted by Crippen LogP contribution is -2.27. The van der Waals surface area contributed by atoms with Gasteiger partial charge in [-0.15, -0.1) is 0 Å². The van der Waals surface area contributed by atoms with Crippen molar-refractivity contribution < 1.29 is 0 Å². The molecule has 0 spiro atoms. The second-order valence-electron chi connectivity index (χ2n) is 6.68. The third-order valence-corrected chi connectivity index (χ3v) is 4.02. The fourth-order valence-electron chi connectivity index (χ4n) is 2.95. The van der Waals surface area contributed by atoms with Gasteiger partial charge in [-0.1, -0.05) is 45.9 Å². The topological polar surface area (TPSA) is 15.3 Å². The molecule has 0 radical (unpaired) electrons. The Hall–Kier alpha value is -1.02. The molecule has 1 unspecified atom stereocenters. The van der Waals surface area contributed by atoms with E-state index in [2.05, 4.69) is 62.2 Å². The first-order valence-corrected chi connectivity index (χ1v) is 7.57. The van der Waals surface area contributed by atoms with Crippen molar-refractivity contribution >= 4 is 5.69 Å². The van der Waals surface area contributed by atoms with Crippen LogP contribution >= 0.6 is 0 Å². The van der Waals surface area contributed by atoms with E-state index in [1.807, 2.05) is 0 Å². The van der Waals surface area contributed by atoms with Crippen LogP contribution in [-0.2, 0) is 5.41 Å². The molecule has 19 heavy (non-hydrogen) atoms. The van der Waals surface area contributed by atoms with Gasteiger partial charge in [-0.2, -0.15) is 0 Å². The standard InChI is InChI=1S/C17H28N2/c1-5-18-12-14-10-11-19(13-14)16-9-7-6-8-15(16)17(2,3)4/h6-9,14,18H,5,10-13H2,1-4H3. The molecule has 1 fully saturated rings. The first-order valence-electron chi connectivity index (χ1n) is 7.57. The zero-order valence-corrected chi connectivity index (χ0v) is 12.9. The zero-order chi connectivity index (χ0) is 13.9. The lowest BCUT2D eigenvalue weighted by molar-refractivity contribution is 0.527. The molecule has 1 N–H and O–H groups in total. The Morgan fingerprint density at radius 2 is 2.00 bits per heavy atom. The number of anilines is 1. The van der Waals surface area contributed by atoms with Crippen LogP contribution in [0.3, 0.4) is 0 Å². The number of benzene rings is 1. The third-order valence-electron chi connectivity index (χ3n) is 4.02. The molecule has 2 rings (SSSR count). The highest BCUT2D eigenvalue weighted by Crippen LogP contribution is 2.34. The van der Waals surface area contributed by atoms with Gasteiger partial charge in [0.25, 0.3) is 0 Å². The van der Waals surface area contributed by atoms with E-state index in [0.29, 0.717) is 0 Å². The third kappa shape index (κ3) is 3.50. The van der Waals surface area contributed by atoms with E-state index in [1.165, 1.54) is 30.8 Å². The van der Waals surface area contributed by atoms with Crippen LogP contribution in [0.15, 0.2) is 24.3 Å². The minimum Gasteiger partial charge on any atom is -0.371 e. The predicted octanol–water partition coefficient (Wildman–Crippen LogP) is 3.42. The number of para-hydroxylation sites is 1. The Morgan fingerprint density at radius 1 is 1.26 bits per heavy atom. The van der Waals surface area contributed by atoms with E-state index in [9.17, 15) is 0 Å². The lowest BCUT2D eigenvalue weighted by atomic mass is 9.85. The minimum atomic E-state index is 0.219. The largest absolute Gasteiger partial charge is 0.371 e. The monoisotopic (exact) mass is 260 g/mol. The summed E-state index contributed by atoms with van der Waals surface area (Å²) >= 11 is 0. The molecule has 1 saturated heterocycles. The molecule has 0 amide bonds. The SMILES string of the molecule is CCNCC1CCN(c2ccccc2C(C)(C)C)C1. The molecule has 0 aliphatic carbocycles. The highest BCUT2D eigenvalue weighted by atomic mass is 15.2. The molecule has 1 aromatic carbocycles. The van der Waals surface area contributed by atoms with Crippen LogP contribution < -0.4 is 10.2 Å². The van der Waals surface area contributed by atoms with E-state index in [-0.39, 0.29) is 5.41 Å². The number of nitrogens with one attached hydrogen (secondary N) is 1. The summed E-state index contributed by atoms with van der Waals surface area (Å²) in [5.41, 5.74) is 3.13. The van der Waals surface area contributed by atoms with Crippen LogP contribution in [0.1, 0.15) is 39.7 Å². The van der Waals surface area contributed by atoms with Crippen molar-refractivity contribution in [2.24, 2.45) is 5.92 Å². The van der Waals surface area contributed by atoms with Gasteiger partial charge in [0.1, 0.15) is 0 Å². The second kappa shape index (κ2) is 5.96. The lowest BCUT2D eigenvalue weighted by Gasteiger charge is -2.28. The van der Waals surface area contributed by atoms with Crippen LogP contribution in [0.4, 0.5) is 5.69 Å². The Kier molecular flexibility index (Phi) is 4.51. The molecule has 1 aliphatic heterocycles. The first kappa shape index (κ1) is 14.4. The van der Waals surface area contributed by atoms with Gasteiger partial charge >= 0.3 is 0 Å². The van der Waals surface area contributed by atoms with E-state index in [1.54, 1.807) is 0 Å². The zero-order valence-electron chi connectivity index (χ0n) is 12.9. The molecule has 0 bridgehead atoms. The average Bonchev–Trinajstić information content (AvgIpc) is 2.84. The Bertz CT molecular complexity index is 406. The molecule has 1 atom stereocenters. The van der Waals surface area contributed by atoms with Gasteiger partial charge in [-0.05, 0) is 42.5 Å². The summed E-state index contributed by atoms with van der Waals surface area (Å²) < 4.78 is 0. The van der Waals surface area contributed by atoms with E-state index >= 15 is 0 Å². The highest BCUT2D eigenvalue weighted by molar-refractivity contribution is 5.57. The number of nitrogens with zero attached hydrogens (tertiary/aromatic N) is 1. The summed E-state index contributed by atoms with van der Waals surface area (Å²) in [6, 6.07) is 8.90. The maximum atomic E-state index is 3.48. The van der Waals surface area contributed by atoms with Crippen LogP contribution in [-0.4, -0.2) is 26.2 Å². The summed E-state index contributed by atoms with van der Waals surface area (Å²) in [7, 11) is 0. The maximum Gasteiger partial charge on any atom is 0.0404 e. The van der Waals surface area contributed by atoms with E-state index < -0.39 is 0 Å². The second-order valence-corrected chi connectivity index (χ2v) is 6.68. The molecule has 1 aromatic rings. The van der Waals surface area contributed by atoms with Gasteiger partial charge in [0, 0.05) is 18.8 Å². The number of hydrogen-bond acceptors (Lipinski definition) is 2. The van der Waals surface area contributed by atoms with Crippen LogP contribution in [0.25, 0.3) is 0 Å². The maximum absolute atomic E-state index is 3.48. The minimum absolute atomic E-state index is 0.219. The van der Waals surface area contributed by atoms with Gasteiger partial charge in [-0.25, -0.2) is 0 Å². The molecule has 1 heterocycles. The van der Waals surface area contributed by atoms with E-state index in [0.717, 1.165) is 19.0 Å². The summed E-state index contributed by atoms with van der Waals surface area (Å²) in [5, 5.41) is 3.48. The van der Waals surface area contributed by atoms with Crippen LogP contribution in [0.5, 0.6) is 0 Å². The molecule has 0 saturated carbocycles. The molecular weight excluding hydrogens is 232 g/mol. The van der Waals surface area contributed by atoms with Crippen molar-refractivity contribution in [1.29, 1.82) is 0 Å². The van der Waals surface area contributed by atoms with Crippen molar-refractivity contribution in [2.45, 2.75) is 39.5 Å². The fraction of sp³-hybridized carbons (Fsp3) is 0.647. The van der Waals surface area contributed by atoms with Gasteiger partial charge in [0.15, 0.2) is 0 Å². The van der Waals surface area contributed by atoms with E-state index in [4.69, 9.17) is 0 Å². The van der Waals surface area contributed by atoms with Crippen molar-refractivity contribution in [3.8, 4) is 0 Å².